The van der Waals surface area contributed by atoms with Crippen molar-refractivity contribution in [1.29, 1.82) is 0 Å². The normalized spacial score (nSPS) is 10.0. The van der Waals surface area contributed by atoms with Crippen molar-refractivity contribution in [3.63, 3.8) is 0 Å². The van der Waals surface area contributed by atoms with Crippen LogP contribution in [0, 0.1) is 10.1 Å². The summed E-state index contributed by atoms with van der Waals surface area (Å²) in [6.45, 7) is 0.0108. The number of nitrogens with zero attached hydrogens (tertiary/aromatic N) is 3. The van der Waals surface area contributed by atoms with E-state index in [0.29, 0.717) is 12.4 Å². The molecule has 1 aromatic heterocycles. The number of benzene rings is 1. The van der Waals surface area contributed by atoms with Gasteiger partial charge in [-0.2, -0.15) is 4.57 Å². The lowest BCUT2D eigenvalue weighted by molar-refractivity contribution is -0.698. The number of aromatic nitrogens is 2. The smallest absolute Gasteiger partial charge is 0.377 e. The van der Waals surface area contributed by atoms with E-state index < -0.39 is 11.7 Å². The Morgan fingerprint density at radius 3 is 2.83 bits per heavy atom. The Kier molecular flexibility index (Phi) is 3.80. The zero-order valence-electron chi connectivity index (χ0n) is 9.60. The van der Waals surface area contributed by atoms with E-state index in [-0.39, 0.29) is 0 Å². The van der Waals surface area contributed by atoms with E-state index in [0.717, 1.165) is 5.56 Å². The van der Waals surface area contributed by atoms with E-state index in [4.69, 9.17) is 4.74 Å². The first-order valence-electron chi connectivity index (χ1n) is 5.37. The number of rotatable bonds is 5. The van der Waals surface area contributed by atoms with Crippen molar-refractivity contribution in [3.8, 4) is 5.88 Å². The standard InChI is InChI=1S/C12H12N3O3/c16-15(17)10-18-12-8-13-6-7-14(12)9-11-4-2-1-3-5-11/h1-8H,9-10H2/q+1. The van der Waals surface area contributed by atoms with Crippen molar-refractivity contribution < 1.29 is 14.2 Å². The largest absolute Gasteiger partial charge is 0.392 e. The van der Waals surface area contributed by atoms with E-state index >= 15 is 0 Å². The second kappa shape index (κ2) is 5.72. The molecule has 0 saturated heterocycles. The summed E-state index contributed by atoms with van der Waals surface area (Å²) < 4.78 is 6.84. The van der Waals surface area contributed by atoms with Gasteiger partial charge in [0, 0.05) is 5.56 Å². The van der Waals surface area contributed by atoms with Gasteiger partial charge in [0.25, 0.3) is 0 Å². The van der Waals surface area contributed by atoms with Gasteiger partial charge in [0.1, 0.15) is 6.20 Å². The predicted octanol–water partition coefficient (Wildman–Crippen LogP) is 1.03. The van der Waals surface area contributed by atoms with Crippen LogP contribution in [0.2, 0.25) is 0 Å². The first kappa shape index (κ1) is 12.0. The van der Waals surface area contributed by atoms with Crippen LogP contribution in [0.3, 0.4) is 0 Å². The van der Waals surface area contributed by atoms with Crippen LogP contribution in [0.15, 0.2) is 48.9 Å². The van der Waals surface area contributed by atoms with Crippen molar-refractivity contribution in [2.24, 2.45) is 0 Å². The fourth-order valence-electron chi connectivity index (χ4n) is 1.52. The first-order valence-corrected chi connectivity index (χ1v) is 5.37. The zero-order chi connectivity index (χ0) is 12.8. The quantitative estimate of drug-likeness (QED) is 0.342. The van der Waals surface area contributed by atoms with Gasteiger partial charge in [0.05, 0.1) is 11.1 Å². The minimum Gasteiger partial charge on any atom is -0.377 e. The molecule has 0 aliphatic rings. The molecule has 0 bridgehead atoms. The Bertz CT molecular complexity index is 531. The number of nitro groups is 1. The van der Waals surface area contributed by atoms with Crippen LogP contribution in [0.25, 0.3) is 0 Å². The molecular weight excluding hydrogens is 234 g/mol. The van der Waals surface area contributed by atoms with Crippen LogP contribution < -0.4 is 9.30 Å². The van der Waals surface area contributed by atoms with Crippen LogP contribution >= 0.6 is 0 Å². The Morgan fingerprint density at radius 2 is 2.11 bits per heavy atom. The van der Waals surface area contributed by atoms with Crippen molar-refractivity contribution >= 4 is 0 Å². The summed E-state index contributed by atoms with van der Waals surface area (Å²) in [6.07, 6.45) is 4.80. The predicted molar refractivity (Wildman–Crippen MR) is 62.5 cm³/mol. The maximum atomic E-state index is 10.3. The summed E-state index contributed by atoms with van der Waals surface area (Å²) >= 11 is 0. The summed E-state index contributed by atoms with van der Waals surface area (Å²) in [7, 11) is 0. The summed E-state index contributed by atoms with van der Waals surface area (Å²) in [5.74, 6) is 0.373. The molecule has 6 heteroatoms. The maximum absolute atomic E-state index is 10.3. The molecule has 1 aromatic carbocycles. The Balaban J connectivity index is 2.14. The molecule has 1 heterocycles. The molecule has 0 fully saturated rings. The lowest BCUT2D eigenvalue weighted by Gasteiger charge is -2.02. The summed E-state index contributed by atoms with van der Waals surface area (Å²) in [5.41, 5.74) is 1.08. The molecule has 18 heavy (non-hydrogen) atoms. The maximum Gasteiger partial charge on any atom is 0.392 e. The molecule has 6 nitrogen and oxygen atoms in total. The van der Waals surface area contributed by atoms with Crippen molar-refractivity contribution in [3.05, 3.63) is 64.6 Å². The van der Waals surface area contributed by atoms with E-state index in [9.17, 15) is 10.1 Å². The van der Waals surface area contributed by atoms with E-state index in [1.807, 2.05) is 30.3 Å². The van der Waals surface area contributed by atoms with Gasteiger partial charge in [-0.3, -0.25) is 10.1 Å². The minimum absolute atomic E-state index is 0.373. The first-order chi connectivity index (χ1) is 8.75. The molecule has 0 saturated carbocycles. The van der Waals surface area contributed by atoms with E-state index in [1.165, 1.54) is 6.20 Å². The SMILES string of the molecule is O=[N+]([O-])COc1cncc[n+]1Cc1ccccc1. The Hall–Kier alpha value is -2.50. The molecule has 0 unspecified atom stereocenters. The molecule has 2 rings (SSSR count). The van der Waals surface area contributed by atoms with Gasteiger partial charge in [-0.15, -0.1) is 0 Å². The van der Waals surface area contributed by atoms with Crippen LogP contribution in [0.5, 0.6) is 5.88 Å². The van der Waals surface area contributed by atoms with Crippen LogP contribution in [-0.4, -0.2) is 16.6 Å². The lowest BCUT2D eigenvalue weighted by Crippen LogP contribution is -2.36. The van der Waals surface area contributed by atoms with E-state index in [1.54, 1.807) is 17.0 Å². The van der Waals surface area contributed by atoms with Crippen molar-refractivity contribution in [2.75, 3.05) is 6.73 Å². The topological polar surface area (TPSA) is 69.1 Å². The van der Waals surface area contributed by atoms with E-state index in [2.05, 4.69) is 4.98 Å². The highest BCUT2D eigenvalue weighted by molar-refractivity contribution is 5.13. The third-order valence-corrected chi connectivity index (χ3v) is 2.31. The lowest BCUT2D eigenvalue weighted by atomic mass is 10.2. The zero-order valence-corrected chi connectivity index (χ0v) is 9.60. The minimum atomic E-state index is -0.569. The fraction of sp³-hybridized carbons (Fsp3) is 0.167. The van der Waals surface area contributed by atoms with Gasteiger partial charge in [-0.1, -0.05) is 30.3 Å². The molecule has 0 N–H and O–H groups in total. The number of hydrogen-bond acceptors (Lipinski definition) is 4. The highest BCUT2D eigenvalue weighted by Crippen LogP contribution is 2.03. The summed E-state index contributed by atoms with van der Waals surface area (Å²) in [5, 5.41) is 10.3. The molecule has 0 atom stereocenters. The molecule has 92 valence electrons. The fourth-order valence-corrected chi connectivity index (χ4v) is 1.52. The van der Waals surface area contributed by atoms with Gasteiger partial charge in [0.15, 0.2) is 12.7 Å². The summed E-state index contributed by atoms with van der Waals surface area (Å²) in [6, 6.07) is 9.77. The van der Waals surface area contributed by atoms with Crippen molar-refractivity contribution in [2.45, 2.75) is 6.54 Å². The molecule has 2 aromatic rings. The number of hydrogen-bond donors (Lipinski definition) is 0. The Labute approximate surface area is 104 Å². The van der Waals surface area contributed by atoms with Gasteiger partial charge in [-0.25, -0.2) is 4.98 Å². The molecule has 0 aliphatic carbocycles. The monoisotopic (exact) mass is 246 g/mol. The molecular formula is C12H12N3O3+. The molecule has 0 radical (unpaired) electrons. The van der Waals surface area contributed by atoms with Crippen LogP contribution in [-0.2, 0) is 6.54 Å². The molecule has 0 spiro atoms. The Morgan fingerprint density at radius 1 is 1.33 bits per heavy atom. The van der Waals surface area contributed by atoms with Crippen LogP contribution in [0.1, 0.15) is 5.56 Å². The van der Waals surface area contributed by atoms with Crippen LogP contribution in [0.4, 0.5) is 0 Å². The van der Waals surface area contributed by atoms with Gasteiger partial charge in [0.2, 0.25) is 0 Å². The average molecular weight is 246 g/mol. The van der Waals surface area contributed by atoms with Gasteiger partial charge >= 0.3 is 12.6 Å². The second-order valence-corrected chi connectivity index (χ2v) is 3.63. The molecule has 0 aliphatic heterocycles. The summed E-state index contributed by atoms with van der Waals surface area (Å²) in [4.78, 5) is 13.7. The van der Waals surface area contributed by atoms with Gasteiger partial charge < -0.3 is 4.74 Å². The highest BCUT2D eigenvalue weighted by Gasteiger charge is 2.14. The number of ether oxygens (including phenoxy) is 1. The third-order valence-electron chi connectivity index (χ3n) is 2.31. The third kappa shape index (κ3) is 3.24. The average Bonchev–Trinajstić information content (AvgIpc) is 2.39. The highest BCUT2D eigenvalue weighted by atomic mass is 16.7. The molecule has 0 amide bonds. The van der Waals surface area contributed by atoms with Gasteiger partial charge in [-0.05, 0) is 0 Å². The second-order valence-electron chi connectivity index (χ2n) is 3.63. The van der Waals surface area contributed by atoms with Crippen molar-refractivity contribution in [1.82, 2.24) is 4.98 Å².